The molecule has 2 aromatic rings. The summed E-state index contributed by atoms with van der Waals surface area (Å²) < 4.78 is 0. The van der Waals surface area contributed by atoms with Crippen molar-refractivity contribution in [3.8, 4) is 0 Å². The van der Waals surface area contributed by atoms with Gasteiger partial charge in [0.25, 0.3) is 11.7 Å². The zero-order chi connectivity index (χ0) is 13.6. The van der Waals surface area contributed by atoms with Gasteiger partial charge in [-0.25, -0.2) is 0 Å². The van der Waals surface area contributed by atoms with Gasteiger partial charge < -0.3 is 0 Å². The van der Waals surface area contributed by atoms with Crippen molar-refractivity contribution in [2.45, 2.75) is 6.54 Å². The SMILES string of the molecule is O=C1C(=O)N(Cc2sccc2Cl)c2cc(Cl)ccc21. The third kappa shape index (κ3) is 2.06. The molecule has 2 heterocycles. The van der Waals surface area contributed by atoms with Gasteiger partial charge in [-0.05, 0) is 29.6 Å². The maximum Gasteiger partial charge on any atom is 0.299 e. The molecule has 19 heavy (non-hydrogen) atoms. The van der Waals surface area contributed by atoms with E-state index in [1.165, 1.54) is 16.2 Å². The lowest BCUT2D eigenvalue weighted by Crippen LogP contribution is -2.28. The van der Waals surface area contributed by atoms with Crippen LogP contribution in [0.4, 0.5) is 5.69 Å². The van der Waals surface area contributed by atoms with Crippen LogP contribution in [0.5, 0.6) is 0 Å². The van der Waals surface area contributed by atoms with E-state index in [-0.39, 0.29) is 6.54 Å². The Morgan fingerprint density at radius 2 is 1.95 bits per heavy atom. The van der Waals surface area contributed by atoms with Crippen LogP contribution in [0.25, 0.3) is 0 Å². The fraction of sp³-hybridized carbons (Fsp3) is 0.0769. The number of anilines is 1. The molecule has 0 aliphatic carbocycles. The van der Waals surface area contributed by atoms with Crippen LogP contribution in [0.1, 0.15) is 15.2 Å². The van der Waals surface area contributed by atoms with Gasteiger partial charge in [0.15, 0.2) is 0 Å². The molecule has 0 bridgehead atoms. The molecule has 0 fully saturated rings. The summed E-state index contributed by atoms with van der Waals surface area (Å²) in [6.07, 6.45) is 0. The van der Waals surface area contributed by atoms with Crippen LogP contribution in [0.15, 0.2) is 29.6 Å². The Kier molecular flexibility index (Phi) is 3.09. The number of carbonyl (C=O) groups is 2. The first-order valence-electron chi connectivity index (χ1n) is 5.45. The molecule has 0 radical (unpaired) electrons. The standard InChI is InChI=1S/C13H7Cl2NO2S/c14-7-1-2-8-10(5-7)16(13(18)12(8)17)6-11-9(15)3-4-19-11/h1-5H,6H2. The summed E-state index contributed by atoms with van der Waals surface area (Å²) in [7, 11) is 0. The second kappa shape index (κ2) is 4.63. The molecule has 0 N–H and O–H groups in total. The van der Waals surface area contributed by atoms with Gasteiger partial charge >= 0.3 is 0 Å². The van der Waals surface area contributed by atoms with E-state index in [9.17, 15) is 9.59 Å². The van der Waals surface area contributed by atoms with Crippen LogP contribution >= 0.6 is 34.5 Å². The highest BCUT2D eigenvalue weighted by Gasteiger charge is 2.36. The number of hydrogen-bond acceptors (Lipinski definition) is 3. The first kappa shape index (κ1) is 12.7. The van der Waals surface area contributed by atoms with Crippen LogP contribution in [-0.2, 0) is 11.3 Å². The Hall–Kier alpha value is -1.36. The van der Waals surface area contributed by atoms with Crippen molar-refractivity contribution in [3.63, 3.8) is 0 Å². The quantitative estimate of drug-likeness (QED) is 0.791. The summed E-state index contributed by atoms with van der Waals surface area (Å²) in [6.45, 7) is 0.286. The van der Waals surface area contributed by atoms with E-state index in [1.807, 2.05) is 5.38 Å². The number of ketones is 1. The lowest BCUT2D eigenvalue weighted by Gasteiger charge is -2.15. The number of amides is 1. The third-order valence-electron chi connectivity index (χ3n) is 2.93. The first-order chi connectivity index (χ1) is 9.08. The maximum absolute atomic E-state index is 12.0. The molecule has 0 saturated heterocycles. The number of nitrogens with zero attached hydrogens (tertiary/aromatic N) is 1. The van der Waals surface area contributed by atoms with Gasteiger partial charge in [0, 0.05) is 9.90 Å². The van der Waals surface area contributed by atoms with Crippen molar-refractivity contribution in [2.75, 3.05) is 4.90 Å². The summed E-state index contributed by atoms with van der Waals surface area (Å²) in [5.41, 5.74) is 0.939. The van der Waals surface area contributed by atoms with Crippen LogP contribution in [0, 0.1) is 0 Å². The molecule has 1 aliphatic heterocycles. The normalized spacial score (nSPS) is 14.1. The number of halogens is 2. The third-order valence-corrected chi connectivity index (χ3v) is 4.53. The molecule has 3 rings (SSSR count). The van der Waals surface area contributed by atoms with E-state index in [2.05, 4.69) is 0 Å². The number of hydrogen-bond donors (Lipinski definition) is 0. The van der Waals surface area contributed by atoms with Gasteiger partial charge in [0.2, 0.25) is 0 Å². The van der Waals surface area contributed by atoms with Gasteiger partial charge in [-0.1, -0.05) is 23.2 Å². The Balaban J connectivity index is 2.04. The molecule has 0 spiro atoms. The van der Waals surface area contributed by atoms with Gasteiger partial charge in [-0.15, -0.1) is 11.3 Å². The molecular formula is C13H7Cl2NO2S. The van der Waals surface area contributed by atoms with Gasteiger partial charge in [0.1, 0.15) is 0 Å². The highest BCUT2D eigenvalue weighted by molar-refractivity contribution is 7.10. The van der Waals surface area contributed by atoms with E-state index in [1.54, 1.807) is 24.3 Å². The number of benzene rings is 1. The van der Waals surface area contributed by atoms with E-state index in [0.717, 1.165) is 4.88 Å². The zero-order valence-corrected chi connectivity index (χ0v) is 11.9. The van der Waals surface area contributed by atoms with Crippen molar-refractivity contribution in [2.24, 2.45) is 0 Å². The average Bonchev–Trinajstić information content (AvgIpc) is 2.88. The Morgan fingerprint density at radius 1 is 1.16 bits per heavy atom. The first-order valence-corrected chi connectivity index (χ1v) is 7.09. The summed E-state index contributed by atoms with van der Waals surface area (Å²) in [4.78, 5) is 26.1. The number of fused-ring (bicyclic) bond motifs is 1. The molecule has 6 heteroatoms. The average molecular weight is 312 g/mol. The van der Waals surface area contributed by atoms with Crippen molar-refractivity contribution < 1.29 is 9.59 Å². The highest BCUT2D eigenvalue weighted by atomic mass is 35.5. The van der Waals surface area contributed by atoms with Crippen molar-refractivity contribution in [1.29, 1.82) is 0 Å². The van der Waals surface area contributed by atoms with Gasteiger partial charge in [-0.3, -0.25) is 14.5 Å². The zero-order valence-electron chi connectivity index (χ0n) is 9.52. The lowest BCUT2D eigenvalue weighted by atomic mass is 10.1. The minimum absolute atomic E-state index is 0.286. The molecule has 0 atom stereocenters. The second-order valence-corrected chi connectivity index (χ2v) is 5.92. The monoisotopic (exact) mass is 311 g/mol. The van der Waals surface area contributed by atoms with E-state index < -0.39 is 11.7 Å². The fourth-order valence-corrected chi connectivity index (χ4v) is 3.26. The number of rotatable bonds is 2. The smallest absolute Gasteiger partial charge is 0.299 e. The Morgan fingerprint density at radius 3 is 2.63 bits per heavy atom. The Labute approximate surface area is 123 Å². The topological polar surface area (TPSA) is 37.4 Å². The molecule has 0 unspecified atom stereocenters. The van der Waals surface area contributed by atoms with E-state index in [0.29, 0.717) is 21.3 Å². The number of carbonyl (C=O) groups excluding carboxylic acids is 2. The largest absolute Gasteiger partial charge is 0.299 e. The van der Waals surface area contributed by atoms with Crippen molar-refractivity contribution >= 4 is 51.9 Å². The minimum Gasteiger partial charge on any atom is -0.299 e. The van der Waals surface area contributed by atoms with Crippen molar-refractivity contribution in [1.82, 2.24) is 0 Å². The second-order valence-electron chi connectivity index (χ2n) is 4.07. The molecular weight excluding hydrogens is 305 g/mol. The molecule has 1 aromatic carbocycles. The number of thiophene rings is 1. The summed E-state index contributed by atoms with van der Waals surface area (Å²) in [6, 6.07) is 6.57. The summed E-state index contributed by atoms with van der Waals surface area (Å²) in [5.74, 6) is -1.04. The Bertz CT molecular complexity index is 696. The number of Topliss-reactive ketones (excluding diaryl/α,β-unsaturated/α-hetero) is 1. The van der Waals surface area contributed by atoms with Crippen molar-refractivity contribution in [3.05, 3.63) is 50.1 Å². The lowest BCUT2D eigenvalue weighted by molar-refractivity contribution is -0.114. The molecule has 3 nitrogen and oxygen atoms in total. The van der Waals surface area contributed by atoms with Gasteiger partial charge in [-0.2, -0.15) is 0 Å². The summed E-state index contributed by atoms with van der Waals surface area (Å²) in [5, 5.41) is 2.93. The van der Waals surface area contributed by atoms with Crippen LogP contribution in [-0.4, -0.2) is 11.7 Å². The predicted octanol–water partition coefficient (Wildman–Crippen LogP) is 3.78. The predicted molar refractivity (Wildman–Crippen MR) is 76.3 cm³/mol. The van der Waals surface area contributed by atoms with E-state index >= 15 is 0 Å². The maximum atomic E-state index is 12.0. The summed E-state index contributed by atoms with van der Waals surface area (Å²) >= 11 is 13.4. The molecule has 1 aliphatic rings. The van der Waals surface area contributed by atoms with Crippen LogP contribution in [0.3, 0.4) is 0 Å². The molecule has 0 saturated carbocycles. The van der Waals surface area contributed by atoms with Gasteiger partial charge in [0.05, 0.1) is 22.8 Å². The molecule has 1 amide bonds. The molecule has 1 aromatic heterocycles. The fourth-order valence-electron chi connectivity index (χ4n) is 2.01. The highest BCUT2D eigenvalue weighted by Crippen LogP contribution is 2.34. The minimum atomic E-state index is -0.540. The molecule has 96 valence electrons. The van der Waals surface area contributed by atoms with Crippen LogP contribution < -0.4 is 4.90 Å². The van der Waals surface area contributed by atoms with Crippen LogP contribution in [0.2, 0.25) is 10.0 Å². The van der Waals surface area contributed by atoms with E-state index in [4.69, 9.17) is 23.2 Å².